The molecule has 0 radical (unpaired) electrons. The quantitative estimate of drug-likeness (QED) is 0.785. The number of hydrogen-bond donors (Lipinski definition) is 1. The van der Waals surface area contributed by atoms with Crippen LogP contribution in [0.15, 0.2) is 24.3 Å². The van der Waals surface area contributed by atoms with Gasteiger partial charge in [-0.05, 0) is 42.5 Å². The fraction of sp³-hybridized carbons (Fsp3) is 0.500. The number of rotatable bonds is 4. The molecule has 0 saturated heterocycles. The molecule has 1 aromatic carbocycles. The molecule has 78 valence electrons. The van der Waals surface area contributed by atoms with Gasteiger partial charge in [0.05, 0.1) is 0 Å². The van der Waals surface area contributed by atoms with E-state index < -0.39 is 0 Å². The van der Waals surface area contributed by atoms with Gasteiger partial charge in [-0.15, -0.1) is 0 Å². The van der Waals surface area contributed by atoms with E-state index >= 15 is 0 Å². The van der Waals surface area contributed by atoms with E-state index in [-0.39, 0.29) is 5.82 Å². The molecule has 0 bridgehead atoms. The van der Waals surface area contributed by atoms with Gasteiger partial charge in [0.1, 0.15) is 5.82 Å². The van der Waals surface area contributed by atoms with Crippen molar-refractivity contribution >= 4 is 0 Å². The third-order valence-electron chi connectivity index (χ3n) is 2.58. The number of hydrogen-bond acceptors (Lipinski definition) is 1. The fourth-order valence-electron chi connectivity index (χ4n) is 1.77. The van der Waals surface area contributed by atoms with Gasteiger partial charge in [-0.3, -0.25) is 0 Å². The summed E-state index contributed by atoms with van der Waals surface area (Å²) < 4.78 is 12.7. The molecule has 0 aliphatic carbocycles. The summed E-state index contributed by atoms with van der Waals surface area (Å²) in [6.45, 7) is 5.02. The van der Waals surface area contributed by atoms with Crippen molar-refractivity contribution in [2.45, 2.75) is 26.2 Å². The first kappa shape index (κ1) is 11.2. The summed E-state index contributed by atoms with van der Waals surface area (Å²) in [5, 5.41) is 0. The summed E-state index contributed by atoms with van der Waals surface area (Å²) in [5.41, 5.74) is 6.75. The smallest absolute Gasteiger partial charge is 0.123 e. The second-order valence-corrected chi connectivity index (χ2v) is 3.98. The lowest BCUT2D eigenvalue weighted by molar-refractivity contribution is 0.472. The fourth-order valence-corrected chi connectivity index (χ4v) is 1.77. The minimum Gasteiger partial charge on any atom is -0.330 e. The van der Waals surface area contributed by atoms with Gasteiger partial charge in [0.15, 0.2) is 0 Å². The van der Waals surface area contributed by atoms with Crippen LogP contribution >= 0.6 is 0 Å². The summed E-state index contributed by atoms with van der Waals surface area (Å²) in [5.74, 6) is 0.814. The van der Waals surface area contributed by atoms with E-state index in [0.717, 1.165) is 6.42 Å². The highest BCUT2D eigenvalue weighted by Gasteiger charge is 2.14. The Labute approximate surface area is 85.1 Å². The predicted octanol–water partition coefficient (Wildman–Crippen LogP) is 2.91. The maximum absolute atomic E-state index is 12.7. The number of halogens is 1. The van der Waals surface area contributed by atoms with E-state index in [1.54, 1.807) is 0 Å². The zero-order chi connectivity index (χ0) is 10.6. The van der Waals surface area contributed by atoms with Crippen LogP contribution in [0.3, 0.4) is 0 Å². The van der Waals surface area contributed by atoms with Crippen molar-refractivity contribution in [1.29, 1.82) is 0 Å². The van der Waals surface area contributed by atoms with Gasteiger partial charge < -0.3 is 5.73 Å². The largest absolute Gasteiger partial charge is 0.330 e. The molecule has 0 fully saturated rings. The van der Waals surface area contributed by atoms with E-state index in [1.807, 2.05) is 12.1 Å². The molecule has 1 nitrogen and oxygen atoms in total. The van der Waals surface area contributed by atoms with Crippen molar-refractivity contribution in [3.8, 4) is 0 Å². The Kier molecular flexibility index (Phi) is 4.08. The monoisotopic (exact) mass is 195 g/mol. The predicted molar refractivity (Wildman–Crippen MR) is 57.7 cm³/mol. The second-order valence-electron chi connectivity index (χ2n) is 3.98. The first-order valence-corrected chi connectivity index (χ1v) is 5.10. The highest BCUT2D eigenvalue weighted by atomic mass is 19.1. The first-order chi connectivity index (χ1) is 6.65. The lowest BCUT2D eigenvalue weighted by Crippen LogP contribution is -2.12. The Morgan fingerprint density at radius 3 is 2.21 bits per heavy atom. The van der Waals surface area contributed by atoms with Crippen LogP contribution in [-0.4, -0.2) is 6.54 Å². The maximum atomic E-state index is 12.7. The first-order valence-electron chi connectivity index (χ1n) is 5.10. The van der Waals surface area contributed by atoms with Crippen LogP contribution in [0.1, 0.15) is 31.7 Å². The molecule has 1 rings (SSSR count). The van der Waals surface area contributed by atoms with Crippen LogP contribution in [0, 0.1) is 11.7 Å². The topological polar surface area (TPSA) is 26.0 Å². The molecule has 1 aromatic rings. The SMILES string of the molecule is CC(C)C(CCN)c1ccc(F)cc1. The summed E-state index contributed by atoms with van der Waals surface area (Å²) in [6.07, 6.45) is 0.962. The minimum absolute atomic E-state index is 0.177. The van der Waals surface area contributed by atoms with Crippen LogP contribution in [0.2, 0.25) is 0 Å². The summed E-state index contributed by atoms with van der Waals surface area (Å²) in [4.78, 5) is 0. The third kappa shape index (κ3) is 2.81. The molecule has 0 aliphatic rings. The zero-order valence-electron chi connectivity index (χ0n) is 8.83. The van der Waals surface area contributed by atoms with Gasteiger partial charge in [-0.2, -0.15) is 0 Å². The van der Waals surface area contributed by atoms with E-state index in [2.05, 4.69) is 13.8 Å². The lowest BCUT2D eigenvalue weighted by atomic mass is 9.86. The second kappa shape index (κ2) is 5.11. The Bertz CT molecular complexity index is 266. The average Bonchev–Trinajstić information content (AvgIpc) is 2.15. The molecule has 0 amide bonds. The van der Waals surface area contributed by atoms with Crippen molar-refractivity contribution in [1.82, 2.24) is 0 Å². The van der Waals surface area contributed by atoms with E-state index in [0.29, 0.717) is 18.4 Å². The lowest BCUT2D eigenvalue weighted by Gasteiger charge is -2.20. The molecule has 0 aromatic heterocycles. The number of nitrogens with two attached hydrogens (primary N) is 1. The van der Waals surface area contributed by atoms with Crippen molar-refractivity contribution in [2.75, 3.05) is 6.54 Å². The van der Waals surface area contributed by atoms with Crippen LogP contribution in [0.4, 0.5) is 4.39 Å². The van der Waals surface area contributed by atoms with Crippen molar-refractivity contribution in [2.24, 2.45) is 11.7 Å². The number of benzene rings is 1. The molecule has 2 N–H and O–H groups in total. The summed E-state index contributed by atoms with van der Waals surface area (Å²) in [7, 11) is 0. The molecule has 0 heterocycles. The maximum Gasteiger partial charge on any atom is 0.123 e. The Morgan fingerprint density at radius 2 is 1.79 bits per heavy atom. The van der Waals surface area contributed by atoms with Crippen LogP contribution in [-0.2, 0) is 0 Å². The minimum atomic E-state index is -0.177. The zero-order valence-corrected chi connectivity index (χ0v) is 8.83. The van der Waals surface area contributed by atoms with Gasteiger partial charge in [-0.25, -0.2) is 4.39 Å². The standard InChI is InChI=1S/C12H18FN/c1-9(2)12(7-8-14)10-3-5-11(13)6-4-10/h3-6,9,12H,7-8,14H2,1-2H3. The Balaban J connectivity index is 2.82. The third-order valence-corrected chi connectivity index (χ3v) is 2.58. The van der Waals surface area contributed by atoms with Gasteiger partial charge in [0, 0.05) is 0 Å². The van der Waals surface area contributed by atoms with Crippen molar-refractivity contribution in [3.05, 3.63) is 35.6 Å². The highest BCUT2D eigenvalue weighted by molar-refractivity contribution is 5.20. The van der Waals surface area contributed by atoms with Crippen LogP contribution < -0.4 is 5.73 Å². The average molecular weight is 195 g/mol. The van der Waals surface area contributed by atoms with Crippen molar-refractivity contribution < 1.29 is 4.39 Å². The van der Waals surface area contributed by atoms with Gasteiger partial charge in [-0.1, -0.05) is 26.0 Å². The van der Waals surface area contributed by atoms with Gasteiger partial charge in [0.25, 0.3) is 0 Å². The summed E-state index contributed by atoms with van der Waals surface area (Å²) in [6, 6.07) is 6.74. The molecular formula is C12H18FN. The van der Waals surface area contributed by atoms with E-state index in [4.69, 9.17) is 5.73 Å². The molecule has 1 unspecified atom stereocenters. The summed E-state index contributed by atoms with van der Waals surface area (Å²) >= 11 is 0. The van der Waals surface area contributed by atoms with Crippen LogP contribution in [0.25, 0.3) is 0 Å². The van der Waals surface area contributed by atoms with E-state index in [9.17, 15) is 4.39 Å². The Hall–Kier alpha value is -0.890. The molecular weight excluding hydrogens is 177 g/mol. The molecule has 1 atom stereocenters. The normalized spacial score (nSPS) is 13.2. The highest BCUT2D eigenvalue weighted by Crippen LogP contribution is 2.27. The molecule has 2 heteroatoms. The van der Waals surface area contributed by atoms with Gasteiger partial charge >= 0.3 is 0 Å². The van der Waals surface area contributed by atoms with Gasteiger partial charge in [0.2, 0.25) is 0 Å². The molecule has 0 saturated carbocycles. The Morgan fingerprint density at radius 1 is 1.21 bits per heavy atom. The molecule has 0 aliphatic heterocycles. The molecule has 0 spiro atoms. The van der Waals surface area contributed by atoms with Crippen LogP contribution in [0.5, 0.6) is 0 Å². The molecule has 14 heavy (non-hydrogen) atoms. The van der Waals surface area contributed by atoms with Crippen molar-refractivity contribution in [3.63, 3.8) is 0 Å². The van der Waals surface area contributed by atoms with E-state index in [1.165, 1.54) is 17.7 Å².